The second-order valence-corrected chi connectivity index (χ2v) is 7.91. The molecule has 30 heavy (non-hydrogen) atoms. The first-order valence-electron chi connectivity index (χ1n) is 9.88. The van der Waals surface area contributed by atoms with Crippen LogP contribution in [-0.2, 0) is 22.4 Å². The van der Waals surface area contributed by atoms with Crippen LogP contribution in [0.25, 0.3) is 0 Å². The molecule has 160 valence electrons. The minimum absolute atomic E-state index is 0.0840. The van der Waals surface area contributed by atoms with Gasteiger partial charge < -0.3 is 9.74 Å². The number of alkyl halides is 3. The molecule has 1 aliphatic heterocycles. The van der Waals surface area contributed by atoms with Crippen LogP contribution in [-0.4, -0.2) is 29.2 Å². The topological polar surface area (TPSA) is 41.9 Å². The quantitative estimate of drug-likeness (QED) is 0.648. The van der Waals surface area contributed by atoms with E-state index in [1.807, 2.05) is 31.2 Å². The van der Waals surface area contributed by atoms with Gasteiger partial charge in [-0.3, -0.25) is 4.79 Å². The summed E-state index contributed by atoms with van der Waals surface area (Å²) >= 11 is 0. The maximum Gasteiger partial charge on any atom is 0.416 e. The van der Waals surface area contributed by atoms with Crippen molar-refractivity contribution >= 4 is 11.6 Å². The molecule has 2 aromatic rings. The molecule has 1 atom stereocenters. The van der Waals surface area contributed by atoms with Crippen LogP contribution >= 0.6 is 0 Å². The molecule has 0 radical (unpaired) electrons. The number of carbonyl (C=O) groups excluding carboxylic acids is 1. The van der Waals surface area contributed by atoms with Crippen LogP contribution in [0, 0.1) is 12.8 Å². The third kappa shape index (κ3) is 5.40. The van der Waals surface area contributed by atoms with Crippen LogP contribution in [0.4, 0.5) is 13.2 Å². The molecule has 2 aromatic carbocycles. The van der Waals surface area contributed by atoms with Gasteiger partial charge in [-0.25, -0.2) is 0 Å². The van der Waals surface area contributed by atoms with Gasteiger partial charge in [-0.15, -0.1) is 0 Å². The fourth-order valence-corrected chi connectivity index (χ4v) is 3.35. The summed E-state index contributed by atoms with van der Waals surface area (Å²) in [4.78, 5) is 19.8. The van der Waals surface area contributed by atoms with Crippen molar-refractivity contribution < 1.29 is 22.8 Å². The van der Waals surface area contributed by atoms with Crippen molar-refractivity contribution in [1.29, 1.82) is 0 Å². The Balaban J connectivity index is 1.71. The lowest BCUT2D eigenvalue weighted by Gasteiger charge is -2.27. The van der Waals surface area contributed by atoms with Crippen molar-refractivity contribution in [1.82, 2.24) is 4.90 Å². The van der Waals surface area contributed by atoms with Crippen molar-refractivity contribution in [2.45, 2.75) is 46.0 Å². The van der Waals surface area contributed by atoms with Crippen molar-refractivity contribution in [3.8, 4) is 0 Å². The van der Waals surface area contributed by atoms with Gasteiger partial charge in [0.15, 0.2) is 6.10 Å². The highest BCUT2D eigenvalue weighted by molar-refractivity contribution is 6.01. The highest BCUT2D eigenvalue weighted by atomic mass is 19.4. The average Bonchev–Trinajstić information content (AvgIpc) is 3.15. The first-order chi connectivity index (χ1) is 14.1. The zero-order chi connectivity index (χ0) is 21.9. The van der Waals surface area contributed by atoms with E-state index in [1.54, 1.807) is 24.8 Å². The SMILES string of the molecule is Cc1ccc(C2=NO[C@@H](CN(Cc3cccc(C(F)(F)F)c3)C(=O)C(C)C)C2)cc1. The molecule has 1 amide bonds. The predicted octanol–water partition coefficient (Wildman–Crippen LogP) is 5.19. The second-order valence-electron chi connectivity index (χ2n) is 7.91. The highest BCUT2D eigenvalue weighted by Crippen LogP contribution is 2.30. The number of hydrogen-bond acceptors (Lipinski definition) is 3. The Bertz CT molecular complexity index is 921. The number of amides is 1. The van der Waals surface area contributed by atoms with Gasteiger partial charge in [0.2, 0.25) is 5.91 Å². The van der Waals surface area contributed by atoms with Crippen LogP contribution in [0.1, 0.15) is 42.5 Å². The van der Waals surface area contributed by atoms with Crippen molar-refractivity contribution in [2.24, 2.45) is 11.1 Å². The Kier molecular flexibility index (Phi) is 6.48. The molecule has 0 aromatic heterocycles. The summed E-state index contributed by atoms with van der Waals surface area (Å²) in [7, 11) is 0. The van der Waals surface area contributed by atoms with Gasteiger partial charge >= 0.3 is 6.18 Å². The number of rotatable bonds is 6. The van der Waals surface area contributed by atoms with Crippen molar-refractivity contribution in [3.63, 3.8) is 0 Å². The van der Waals surface area contributed by atoms with Gasteiger partial charge in [-0.1, -0.05) is 61.0 Å². The number of carbonyl (C=O) groups is 1. The maximum atomic E-state index is 13.0. The zero-order valence-electron chi connectivity index (χ0n) is 17.2. The average molecular weight is 418 g/mol. The van der Waals surface area contributed by atoms with Gasteiger partial charge in [-0.05, 0) is 30.2 Å². The lowest BCUT2D eigenvalue weighted by atomic mass is 10.0. The fourth-order valence-electron chi connectivity index (χ4n) is 3.35. The Hall–Kier alpha value is -2.83. The molecule has 0 unspecified atom stereocenters. The van der Waals surface area contributed by atoms with E-state index in [9.17, 15) is 18.0 Å². The van der Waals surface area contributed by atoms with Crippen LogP contribution in [0.15, 0.2) is 53.7 Å². The van der Waals surface area contributed by atoms with E-state index in [-0.39, 0.29) is 31.0 Å². The molecule has 0 spiro atoms. The van der Waals surface area contributed by atoms with Crippen LogP contribution in [0.3, 0.4) is 0 Å². The summed E-state index contributed by atoms with van der Waals surface area (Å²) in [5.74, 6) is -0.422. The zero-order valence-corrected chi connectivity index (χ0v) is 17.2. The lowest BCUT2D eigenvalue weighted by molar-refractivity contribution is -0.137. The van der Waals surface area contributed by atoms with E-state index in [0.29, 0.717) is 12.0 Å². The number of nitrogens with zero attached hydrogens (tertiary/aromatic N) is 2. The minimum atomic E-state index is -4.42. The van der Waals surface area contributed by atoms with Gasteiger partial charge in [-0.2, -0.15) is 13.2 Å². The van der Waals surface area contributed by atoms with E-state index in [2.05, 4.69) is 5.16 Å². The Labute approximate surface area is 174 Å². The summed E-state index contributed by atoms with van der Waals surface area (Å²) < 4.78 is 39.1. The van der Waals surface area contributed by atoms with E-state index in [4.69, 9.17) is 4.84 Å². The molecule has 3 rings (SSSR count). The van der Waals surface area contributed by atoms with Crippen molar-refractivity contribution in [3.05, 3.63) is 70.8 Å². The molecule has 1 heterocycles. The van der Waals surface area contributed by atoms with E-state index < -0.39 is 11.7 Å². The molecule has 4 nitrogen and oxygen atoms in total. The highest BCUT2D eigenvalue weighted by Gasteiger charge is 2.31. The van der Waals surface area contributed by atoms with Gasteiger partial charge in [0.25, 0.3) is 0 Å². The van der Waals surface area contributed by atoms with E-state index >= 15 is 0 Å². The monoisotopic (exact) mass is 418 g/mol. The van der Waals surface area contributed by atoms with Crippen LogP contribution in [0.5, 0.6) is 0 Å². The van der Waals surface area contributed by atoms with E-state index in [0.717, 1.165) is 29.0 Å². The molecule has 0 aliphatic carbocycles. The summed E-state index contributed by atoms with van der Waals surface area (Å²) in [6.07, 6.45) is -4.23. The number of benzene rings is 2. The van der Waals surface area contributed by atoms with Crippen molar-refractivity contribution in [2.75, 3.05) is 6.54 Å². The molecule has 0 saturated carbocycles. The number of halogens is 3. The Morgan fingerprint density at radius 2 is 1.90 bits per heavy atom. The molecule has 0 fully saturated rings. The molecular weight excluding hydrogens is 393 g/mol. The number of oxime groups is 1. The molecule has 7 heteroatoms. The van der Waals surface area contributed by atoms with Gasteiger partial charge in [0, 0.05) is 18.9 Å². The van der Waals surface area contributed by atoms with Crippen LogP contribution < -0.4 is 0 Å². The molecule has 1 aliphatic rings. The third-order valence-corrected chi connectivity index (χ3v) is 4.98. The summed E-state index contributed by atoms with van der Waals surface area (Å²) in [6, 6.07) is 13.0. The summed E-state index contributed by atoms with van der Waals surface area (Å²) in [6.45, 7) is 5.88. The lowest BCUT2D eigenvalue weighted by Crippen LogP contribution is -2.39. The maximum absolute atomic E-state index is 13.0. The summed E-state index contributed by atoms with van der Waals surface area (Å²) in [5.41, 5.74) is 2.61. The first-order valence-corrected chi connectivity index (χ1v) is 9.88. The number of hydrogen-bond donors (Lipinski definition) is 0. The third-order valence-electron chi connectivity index (χ3n) is 4.98. The van der Waals surface area contributed by atoms with E-state index in [1.165, 1.54) is 6.07 Å². The largest absolute Gasteiger partial charge is 0.416 e. The molecular formula is C23H25F3N2O2. The predicted molar refractivity (Wildman–Crippen MR) is 109 cm³/mol. The summed E-state index contributed by atoms with van der Waals surface area (Å²) in [5, 5.41) is 4.16. The smallest absolute Gasteiger partial charge is 0.390 e. The minimum Gasteiger partial charge on any atom is -0.390 e. The molecule has 0 N–H and O–H groups in total. The normalized spacial score (nSPS) is 16.4. The Morgan fingerprint density at radius 1 is 1.20 bits per heavy atom. The molecule has 0 bridgehead atoms. The van der Waals surface area contributed by atoms with Gasteiger partial charge in [0.05, 0.1) is 17.8 Å². The molecule has 0 saturated heterocycles. The first kappa shape index (κ1) is 21.9. The number of aryl methyl sites for hydroxylation is 1. The second kappa shape index (κ2) is 8.90. The van der Waals surface area contributed by atoms with Gasteiger partial charge in [0.1, 0.15) is 0 Å². The Morgan fingerprint density at radius 3 is 2.53 bits per heavy atom. The fraction of sp³-hybridized carbons (Fsp3) is 0.391. The van der Waals surface area contributed by atoms with Crippen LogP contribution in [0.2, 0.25) is 0 Å². The standard InChI is InChI=1S/C23H25F3N2O2/c1-15(2)22(29)28(13-17-5-4-6-19(11-17)23(24,25)26)14-20-12-21(27-30-20)18-9-7-16(3)8-10-18/h4-11,15,20H,12-14H2,1-3H3/t20-/m1/s1.